The normalized spacial score (nSPS) is 11.8. The molecule has 13 heteroatoms. The molecule has 0 aliphatic heterocycles. The Balaban J connectivity index is 1.77. The number of benzene rings is 3. The van der Waals surface area contributed by atoms with Gasteiger partial charge in [-0.15, -0.1) is 0 Å². The van der Waals surface area contributed by atoms with Gasteiger partial charge in [0.2, 0.25) is 5.91 Å². The van der Waals surface area contributed by atoms with Crippen molar-refractivity contribution in [2.24, 2.45) is 0 Å². The second-order valence-corrected chi connectivity index (χ2v) is 10.0. The van der Waals surface area contributed by atoms with Crippen LogP contribution in [0.3, 0.4) is 0 Å². The Bertz CT molecular complexity index is 1560. The van der Waals surface area contributed by atoms with Crippen molar-refractivity contribution in [1.29, 1.82) is 5.26 Å². The molecule has 0 atom stereocenters. The summed E-state index contributed by atoms with van der Waals surface area (Å²) < 4.78 is 69.3. The molecule has 0 spiro atoms. The number of alkyl halides is 3. The Labute approximate surface area is 224 Å². The summed E-state index contributed by atoms with van der Waals surface area (Å²) in [5.41, 5.74) is -0.812. The van der Waals surface area contributed by atoms with Crippen molar-refractivity contribution in [1.82, 2.24) is 0 Å². The van der Waals surface area contributed by atoms with E-state index in [1.165, 1.54) is 61.5 Å². The van der Waals surface area contributed by atoms with Crippen LogP contribution in [0.1, 0.15) is 18.1 Å². The van der Waals surface area contributed by atoms with Gasteiger partial charge in [0.05, 0.1) is 10.0 Å². The number of carbonyl (C=O) groups is 2. The number of amides is 2. The molecule has 0 heterocycles. The number of hydrogen-bond acceptors (Lipinski definition) is 6. The molecule has 3 aromatic rings. The molecule has 0 aliphatic rings. The lowest BCUT2D eigenvalue weighted by Gasteiger charge is -2.11. The molecule has 3 rings (SSSR count). The molecule has 0 bridgehead atoms. The summed E-state index contributed by atoms with van der Waals surface area (Å²) >= 11 is 3.18. The molecule has 2 N–H and O–H groups in total. The molecule has 0 unspecified atom stereocenters. The number of halogens is 4. The number of nitrogens with one attached hydrogen (secondary N) is 2. The highest BCUT2D eigenvalue weighted by Crippen LogP contribution is 2.32. The van der Waals surface area contributed by atoms with Crippen LogP contribution in [0, 0.1) is 11.3 Å². The summed E-state index contributed by atoms with van der Waals surface area (Å²) in [5.74, 6) is -1.34. The van der Waals surface area contributed by atoms with Gasteiger partial charge in [0.15, 0.2) is 5.75 Å². The smallest absolute Gasteiger partial charge is 0.378 e. The Morgan fingerprint density at radius 3 is 2.26 bits per heavy atom. The van der Waals surface area contributed by atoms with Crippen molar-refractivity contribution in [3.63, 3.8) is 0 Å². The summed E-state index contributed by atoms with van der Waals surface area (Å²) in [6, 6.07) is 15.0. The first-order valence-corrected chi connectivity index (χ1v) is 12.7. The van der Waals surface area contributed by atoms with Crippen LogP contribution in [0.15, 0.2) is 81.7 Å². The lowest BCUT2D eigenvalue weighted by molar-refractivity contribution is -0.137. The van der Waals surface area contributed by atoms with Crippen molar-refractivity contribution < 1.29 is 35.4 Å². The van der Waals surface area contributed by atoms with E-state index in [1.807, 2.05) is 0 Å². The molecule has 2 amide bonds. The third-order valence-corrected chi connectivity index (χ3v) is 6.61. The number of nitriles is 1. The first-order chi connectivity index (χ1) is 17.8. The zero-order valence-electron chi connectivity index (χ0n) is 19.3. The highest BCUT2D eigenvalue weighted by Gasteiger charge is 2.30. The number of anilines is 2. The van der Waals surface area contributed by atoms with Crippen molar-refractivity contribution in [3.05, 3.63) is 87.9 Å². The van der Waals surface area contributed by atoms with Crippen LogP contribution in [0.4, 0.5) is 24.5 Å². The van der Waals surface area contributed by atoms with Gasteiger partial charge in [0.1, 0.15) is 16.5 Å². The fraction of sp³-hybridized carbons (Fsp3) is 0.0800. The van der Waals surface area contributed by atoms with Crippen molar-refractivity contribution in [3.8, 4) is 11.8 Å². The van der Waals surface area contributed by atoms with E-state index in [2.05, 4.69) is 26.6 Å². The molecule has 8 nitrogen and oxygen atoms in total. The van der Waals surface area contributed by atoms with Gasteiger partial charge in [-0.3, -0.25) is 9.59 Å². The summed E-state index contributed by atoms with van der Waals surface area (Å²) in [6.07, 6.45) is -3.43. The quantitative estimate of drug-likeness (QED) is 0.200. The van der Waals surface area contributed by atoms with E-state index >= 15 is 0 Å². The minimum atomic E-state index is -4.60. The predicted octanol–water partition coefficient (Wildman–Crippen LogP) is 5.74. The SMILES string of the molecule is CC(=O)Nc1ccc(S(=O)(=O)Oc2ccc(/C=C(\C#N)C(=O)Nc3cccc(C(F)(F)F)c3)cc2Br)cc1. The van der Waals surface area contributed by atoms with Crippen molar-refractivity contribution in [2.75, 3.05) is 10.6 Å². The second-order valence-electron chi connectivity index (χ2n) is 7.64. The van der Waals surface area contributed by atoms with E-state index in [0.717, 1.165) is 18.2 Å². The van der Waals surface area contributed by atoms with Gasteiger partial charge < -0.3 is 14.8 Å². The van der Waals surface area contributed by atoms with Gasteiger partial charge >= 0.3 is 16.3 Å². The molecule has 0 aliphatic carbocycles. The number of rotatable bonds is 7. The van der Waals surface area contributed by atoms with Gasteiger partial charge in [0, 0.05) is 18.3 Å². The zero-order chi connectivity index (χ0) is 28.1. The summed E-state index contributed by atoms with van der Waals surface area (Å²) in [4.78, 5) is 23.4. The average molecular weight is 608 g/mol. The molecule has 3 aromatic carbocycles. The van der Waals surface area contributed by atoms with Crippen LogP contribution in [0.2, 0.25) is 0 Å². The Morgan fingerprint density at radius 2 is 1.68 bits per heavy atom. The highest BCUT2D eigenvalue weighted by molar-refractivity contribution is 9.10. The first kappa shape index (κ1) is 28.4. The Morgan fingerprint density at radius 1 is 1.00 bits per heavy atom. The highest BCUT2D eigenvalue weighted by atomic mass is 79.9. The van der Waals surface area contributed by atoms with Gasteiger partial charge in [-0.1, -0.05) is 12.1 Å². The van der Waals surface area contributed by atoms with Gasteiger partial charge in [-0.25, -0.2) is 0 Å². The maximum absolute atomic E-state index is 12.9. The molecule has 0 radical (unpaired) electrons. The van der Waals surface area contributed by atoms with Crippen LogP contribution in [-0.4, -0.2) is 20.2 Å². The molecule has 0 fully saturated rings. The van der Waals surface area contributed by atoms with Crippen LogP contribution in [-0.2, 0) is 25.9 Å². The summed E-state index contributed by atoms with van der Waals surface area (Å²) in [7, 11) is -4.24. The largest absolute Gasteiger partial charge is 0.416 e. The number of hydrogen-bond donors (Lipinski definition) is 2. The van der Waals surface area contributed by atoms with E-state index in [-0.39, 0.29) is 26.7 Å². The van der Waals surface area contributed by atoms with Crippen molar-refractivity contribution in [2.45, 2.75) is 18.0 Å². The minimum absolute atomic E-state index is 0.0833. The standard InChI is InChI=1S/C25H17BrF3N3O5S/c1-15(33)31-19-6-8-21(9-7-19)38(35,36)37-23-10-5-16(12-22(23)26)11-17(14-30)24(34)32-20-4-2-3-18(13-20)25(27,28)29/h2-13H,1H3,(H,31,33)(H,32,34)/b17-11+. The fourth-order valence-corrected chi connectivity index (χ4v) is 4.57. The van der Waals surface area contributed by atoms with Crippen LogP contribution in [0.5, 0.6) is 5.75 Å². The topological polar surface area (TPSA) is 125 Å². The Hall–Kier alpha value is -4.15. The first-order valence-electron chi connectivity index (χ1n) is 10.5. The van der Waals surface area contributed by atoms with Gasteiger partial charge in [-0.2, -0.15) is 26.9 Å². The average Bonchev–Trinajstić information content (AvgIpc) is 2.83. The number of nitrogens with zero attached hydrogens (tertiary/aromatic N) is 1. The van der Waals surface area contributed by atoms with E-state index in [0.29, 0.717) is 11.3 Å². The van der Waals surface area contributed by atoms with Crippen LogP contribution in [0.25, 0.3) is 6.08 Å². The summed E-state index contributed by atoms with van der Waals surface area (Å²) in [6.45, 7) is 1.31. The maximum atomic E-state index is 12.9. The van der Waals surface area contributed by atoms with Crippen LogP contribution < -0.4 is 14.8 Å². The van der Waals surface area contributed by atoms with Gasteiger partial charge in [0.25, 0.3) is 5.91 Å². The van der Waals surface area contributed by atoms with E-state index in [1.54, 1.807) is 6.07 Å². The minimum Gasteiger partial charge on any atom is -0.378 e. The van der Waals surface area contributed by atoms with E-state index in [4.69, 9.17) is 4.18 Å². The molecular weight excluding hydrogens is 591 g/mol. The maximum Gasteiger partial charge on any atom is 0.416 e. The molecule has 38 heavy (non-hydrogen) atoms. The molecule has 0 saturated heterocycles. The second kappa shape index (κ2) is 11.5. The summed E-state index contributed by atoms with van der Waals surface area (Å²) in [5, 5.41) is 14.2. The predicted molar refractivity (Wildman–Crippen MR) is 136 cm³/mol. The lowest BCUT2D eigenvalue weighted by Crippen LogP contribution is -2.14. The monoisotopic (exact) mass is 607 g/mol. The Kier molecular flexibility index (Phi) is 8.60. The number of carbonyl (C=O) groups excluding carboxylic acids is 2. The zero-order valence-corrected chi connectivity index (χ0v) is 21.7. The molecule has 0 saturated carbocycles. The van der Waals surface area contributed by atoms with E-state index in [9.17, 15) is 36.4 Å². The van der Waals surface area contributed by atoms with Crippen LogP contribution >= 0.6 is 15.9 Å². The third kappa shape index (κ3) is 7.44. The lowest BCUT2D eigenvalue weighted by atomic mass is 10.1. The molecule has 196 valence electrons. The fourth-order valence-electron chi connectivity index (χ4n) is 3.04. The van der Waals surface area contributed by atoms with Crippen molar-refractivity contribution >= 4 is 55.3 Å². The van der Waals surface area contributed by atoms with Gasteiger partial charge in [-0.05, 0) is 82.2 Å². The van der Waals surface area contributed by atoms with E-state index < -0.39 is 33.3 Å². The molecular formula is C25H17BrF3N3O5S. The molecule has 0 aromatic heterocycles. The third-order valence-electron chi connectivity index (χ3n) is 4.74.